The number of piperidine rings is 1. The van der Waals surface area contributed by atoms with Gasteiger partial charge in [0.05, 0.1) is 11.0 Å². The molecule has 0 spiro atoms. The Morgan fingerprint density at radius 2 is 1.77 bits per heavy atom. The highest BCUT2D eigenvalue weighted by Crippen LogP contribution is 2.21. The summed E-state index contributed by atoms with van der Waals surface area (Å²) in [5, 5.41) is 11.8. The van der Waals surface area contributed by atoms with Gasteiger partial charge in [0.1, 0.15) is 11.9 Å². The van der Waals surface area contributed by atoms with Crippen LogP contribution in [0.5, 0.6) is 0 Å². The third-order valence-corrected chi connectivity index (χ3v) is 7.08. The second-order valence-electron chi connectivity index (χ2n) is 7.26. The molecule has 2 aromatic carbocycles. The summed E-state index contributed by atoms with van der Waals surface area (Å²) in [6.45, 7) is 1.10. The van der Waals surface area contributed by atoms with E-state index in [9.17, 15) is 22.9 Å². The number of carbonyl (C=O) groups is 1. The number of amides is 1. The van der Waals surface area contributed by atoms with E-state index < -0.39 is 21.9 Å². The van der Waals surface area contributed by atoms with E-state index >= 15 is 0 Å². The van der Waals surface area contributed by atoms with Crippen LogP contribution in [0.25, 0.3) is 0 Å². The molecule has 2 aromatic rings. The molecule has 0 aliphatic carbocycles. The van der Waals surface area contributed by atoms with Gasteiger partial charge in [0.15, 0.2) is 0 Å². The van der Waals surface area contributed by atoms with Gasteiger partial charge >= 0.3 is 0 Å². The molecule has 1 saturated heterocycles. The first-order chi connectivity index (χ1) is 14.4. The van der Waals surface area contributed by atoms with Crippen molar-refractivity contribution < 1.29 is 17.6 Å². The molecule has 0 aromatic heterocycles. The van der Waals surface area contributed by atoms with Crippen LogP contribution >= 0.6 is 0 Å². The standard InChI is InChI=1S/C22H24FN3O3S/c23-20-7-3-2-6-19(20)21(16-24)25-22(27)13-10-17-8-11-18(12-9-17)30(28,29)26-14-4-1-5-15-26/h2-3,6-9,11-12,21H,1,4-5,10,13-15H2,(H,25,27). The number of rotatable bonds is 7. The van der Waals surface area contributed by atoms with Gasteiger partial charge in [-0.3, -0.25) is 4.79 Å². The summed E-state index contributed by atoms with van der Waals surface area (Å²) in [5.41, 5.74) is 0.933. The predicted molar refractivity (Wildman–Crippen MR) is 110 cm³/mol. The van der Waals surface area contributed by atoms with Gasteiger partial charge in [-0.05, 0) is 43.0 Å². The second-order valence-corrected chi connectivity index (χ2v) is 9.20. The minimum Gasteiger partial charge on any atom is -0.337 e. The average molecular weight is 430 g/mol. The summed E-state index contributed by atoms with van der Waals surface area (Å²) < 4.78 is 40.7. The number of benzene rings is 2. The number of hydrogen-bond donors (Lipinski definition) is 1. The van der Waals surface area contributed by atoms with E-state index in [0.29, 0.717) is 19.5 Å². The van der Waals surface area contributed by atoms with Gasteiger partial charge in [-0.25, -0.2) is 12.8 Å². The molecule has 1 unspecified atom stereocenters. The lowest BCUT2D eigenvalue weighted by Gasteiger charge is -2.25. The Labute approximate surface area is 176 Å². The normalized spacial score (nSPS) is 15.9. The molecule has 3 rings (SSSR count). The number of nitrogens with zero attached hydrogens (tertiary/aromatic N) is 2. The summed E-state index contributed by atoms with van der Waals surface area (Å²) in [6, 6.07) is 13.2. The lowest BCUT2D eigenvalue weighted by Crippen LogP contribution is -2.35. The summed E-state index contributed by atoms with van der Waals surface area (Å²) >= 11 is 0. The first-order valence-electron chi connectivity index (χ1n) is 9.94. The highest BCUT2D eigenvalue weighted by molar-refractivity contribution is 7.89. The van der Waals surface area contributed by atoms with Crippen molar-refractivity contribution in [2.24, 2.45) is 0 Å². The van der Waals surface area contributed by atoms with Crippen molar-refractivity contribution in [1.82, 2.24) is 9.62 Å². The molecule has 1 atom stereocenters. The van der Waals surface area contributed by atoms with Gasteiger partial charge in [0.2, 0.25) is 15.9 Å². The number of sulfonamides is 1. The zero-order valence-electron chi connectivity index (χ0n) is 16.6. The number of aryl methyl sites for hydroxylation is 1. The van der Waals surface area contributed by atoms with Crippen molar-refractivity contribution in [2.45, 2.75) is 43.0 Å². The minimum atomic E-state index is -3.48. The molecular weight excluding hydrogens is 405 g/mol. The van der Waals surface area contributed by atoms with Crippen LogP contribution in [-0.4, -0.2) is 31.7 Å². The van der Waals surface area contributed by atoms with Gasteiger partial charge < -0.3 is 5.32 Å². The molecule has 1 fully saturated rings. The Hall–Kier alpha value is -2.76. The molecule has 1 aliphatic heterocycles. The monoisotopic (exact) mass is 429 g/mol. The molecule has 0 bridgehead atoms. The smallest absolute Gasteiger partial charge is 0.243 e. The molecule has 6 nitrogen and oxygen atoms in total. The average Bonchev–Trinajstić information content (AvgIpc) is 2.77. The molecule has 30 heavy (non-hydrogen) atoms. The number of nitriles is 1. The van der Waals surface area contributed by atoms with E-state index in [4.69, 9.17) is 0 Å². The summed E-state index contributed by atoms with van der Waals surface area (Å²) in [5.74, 6) is -0.926. The van der Waals surface area contributed by atoms with E-state index in [1.165, 1.54) is 22.5 Å². The summed E-state index contributed by atoms with van der Waals surface area (Å²) in [4.78, 5) is 12.5. The third-order valence-electron chi connectivity index (χ3n) is 5.17. The van der Waals surface area contributed by atoms with Crippen molar-refractivity contribution in [3.05, 3.63) is 65.5 Å². The second kappa shape index (κ2) is 9.83. The largest absolute Gasteiger partial charge is 0.337 e. The lowest BCUT2D eigenvalue weighted by molar-refractivity contribution is -0.121. The third kappa shape index (κ3) is 5.23. The van der Waals surface area contributed by atoms with Crippen molar-refractivity contribution in [3.63, 3.8) is 0 Å². The number of carbonyl (C=O) groups excluding carboxylic acids is 1. The zero-order valence-corrected chi connectivity index (χ0v) is 17.4. The van der Waals surface area contributed by atoms with Gasteiger partial charge in [0, 0.05) is 25.1 Å². The Bertz CT molecular complexity index is 1030. The number of hydrogen-bond acceptors (Lipinski definition) is 4. The molecular formula is C22H24FN3O3S. The lowest BCUT2D eigenvalue weighted by atomic mass is 10.1. The Balaban J connectivity index is 1.57. The van der Waals surface area contributed by atoms with Gasteiger partial charge in [-0.1, -0.05) is 36.8 Å². The van der Waals surface area contributed by atoms with Crippen LogP contribution in [0.15, 0.2) is 53.4 Å². The fourth-order valence-electron chi connectivity index (χ4n) is 3.46. The molecule has 0 radical (unpaired) electrons. The molecule has 1 aliphatic rings. The van der Waals surface area contributed by atoms with E-state index in [1.54, 1.807) is 30.3 Å². The molecule has 1 amide bonds. The highest BCUT2D eigenvalue weighted by atomic mass is 32.2. The maximum absolute atomic E-state index is 13.8. The van der Waals surface area contributed by atoms with Crippen LogP contribution in [0.3, 0.4) is 0 Å². The quantitative estimate of drug-likeness (QED) is 0.731. The van der Waals surface area contributed by atoms with Crippen LogP contribution in [0.4, 0.5) is 4.39 Å². The SMILES string of the molecule is N#CC(NC(=O)CCc1ccc(S(=O)(=O)N2CCCCC2)cc1)c1ccccc1F. The van der Waals surface area contributed by atoms with Crippen molar-refractivity contribution >= 4 is 15.9 Å². The molecule has 158 valence electrons. The van der Waals surface area contributed by atoms with E-state index in [2.05, 4.69) is 5.32 Å². The molecule has 1 N–H and O–H groups in total. The predicted octanol–water partition coefficient (Wildman–Crippen LogP) is 3.31. The zero-order chi connectivity index (χ0) is 21.6. The first-order valence-corrected chi connectivity index (χ1v) is 11.4. The number of nitrogens with one attached hydrogen (secondary N) is 1. The van der Waals surface area contributed by atoms with Crippen LogP contribution in [0, 0.1) is 17.1 Å². The van der Waals surface area contributed by atoms with Crippen molar-refractivity contribution in [1.29, 1.82) is 5.26 Å². The maximum atomic E-state index is 13.8. The van der Waals surface area contributed by atoms with Crippen LogP contribution in [0.2, 0.25) is 0 Å². The maximum Gasteiger partial charge on any atom is 0.243 e. The highest BCUT2D eigenvalue weighted by Gasteiger charge is 2.25. The Kier molecular flexibility index (Phi) is 7.19. The van der Waals surface area contributed by atoms with Gasteiger partial charge in [0.25, 0.3) is 0 Å². The fourth-order valence-corrected chi connectivity index (χ4v) is 4.98. The van der Waals surface area contributed by atoms with Gasteiger partial charge in [-0.15, -0.1) is 0 Å². The topological polar surface area (TPSA) is 90.3 Å². The molecule has 8 heteroatoms. The fraction of sp³-hybridized carbons (Fsp3) is 0.364. The van der Waals surface area contributed by atoms with Crippen LogP contribution < -0.4 is 5.32 Å². The molecule has 1 heterocycles. The van der Waals surface area contributed by atoms with E-state index in [-0.39, 0.29) is 22.8 Å². The van der Waals surface area contributed by atoms with Crippen LogP contribution in [0.1, 0.15) is 42.9 Å². The van der Waals surface area contributed by atoms with E-state index in [0.717, 1.165) is 24.8 Å². The first kappa shape index (κ1) is 21.9. The van der Waals surface area contributed by atoms with E-state index in [1.807, 2.05) is 6.07 Å². The summed E-state index contributed by atoms with van der Waals surface area (Å²) in [7, 11) is -3.48. The molecule has 0 saturated carbocycles. The minimum absolute atomic E-state index is 0.102. The Morgan fingerprint density at radius 1 is 1.10 bits per heavy atom. The Morgan fingerprint density at radius 3 is 2.40 bits per heavy atom. The van der Waals surface area contributed by atoms with Crippen LogP contribution in [-0.2, 0) is 21.2 Å². The van der Waals surface area contributed by atoms with Crippen molar-refractivity contribution in [2.75, 3.05) is 13.1 Å². The number of halogens is 1. The van der Waals surface area contributed by atoms with Gasteiger partial charge in [-0.2, -0.15) is 9.57 Å². The van der Waals surface area contributed by atoms with Crippen molar-refractivity contribution in [3.8, 4) is 6.07 Å². The summed E-state index contributed by atoms with van der Waals surface area (Å²) in [6.07, 6.45) is 3.29.